The van der Waals surface area contributed by atoms with E-state index in [0.717, 1.165) is 36.7 Å². The number of piperidine rings is 1. The van der Waals surface area contributed by atoms with Gasteiger partial charge in [0.05, 0.1) is 12.8 Å². The van der Waals surface area contributed by atoms with Crippen LogP contribution in [-0.4, -0.2) is 36.6 Å². The van der Waals surface area contributed by atoms with Gasteiger partial charge in [-0.3, -0.25) is 0 Å². The number of anilines is 1. The first-order chi connectivity index (χ1) is 11.6. The van der Waals surface area contributed by atoms with Gasteiger partial charge in [-0.2, -0.15) is 0 Å². The van der Waals surface area contributed by atoms with E-state index in [0.29, 0.717) is 12.0 Å². The van der Waals surface area contributed by atoms with Crippen LogP contribution in [0.1, 0.15) is 28.1 Å². The molecule has 0 saturated carbocycles. The number of aromatic nitrogens is 1. The van der Waals surface area contributed by atoms with E-state index in [1.165, 1.54) is 28.1 Å². The Balaban J connectivity index is 1.72. The van der Waals surface area contributed by atoms with E-state index in [2.05, 4.69) is 35.1 Å². The number of ether oxygens (including phenoxy) is 1. The number of nitrogen functional groups attached to an aromatic ring is 1. The van der Waals surface area contributed by atoms with Crippen LogP contribution in [0.3, 0.4) is 0 Å². The fraction of sp³-hybridized carbons (Fsp3) is 0.526. The molecule has 0 amide bonds. The molecule has 2 heterocycles. The van der Waals surface area contributed by atoms with Gasteiger partial charge in [0, 0.05) is 22.8 Å². The van der Waals surface area contributed by atoms with Gasteiger partial charge >= 0.3 is 0 Å². The molecule has 1 aliphatic heterocycles. The van der Waals surface area contributed by atoms with Gasteiger partial charge in [0.1, 0.15) is 5.75 Å². The van der Waals surface area contributed by atoms with Crippen molar-refractivity contribution in [3.05, 3.63) is 39.9 Å². The zero-order chi connectivity index (χ0) is 16.5. The maximum Gasteiger partial charge on any atom is 0.180 e. The predicted octanol–water partition coefficient (Wildman–Crippen LogP) is 2.65. The van der Waals surface area contributed by atoms with Gasteiger partial charge in [0.15, 0.2) is 5.13 Å². The van der Waals surface area contributed by atoms with Crippen LogP contribution in [0.25, 0.3) is 0 Å². The molecule has 3 atom stereocenters. The molecule has 4 nitrogen and oxygen atoms in total. The molecule has 0 spiro atoms. The predicted molar refractivity (Wildman–Crippen MR) is 96.8 cm³/mol. The van der Waals surface area contributed by atoms with Gasteiger partial charge in [0.2, 0.25) is 0 Å². The molecule has 1 aromatic heterocycles. The van der Waals surface area contributed by atoms with E-state index in [1.54, 1.807) is 18.4 Å². The Hall–Kier alpha value is -1.59. The highest BCUT2D eigenvalue weighted by Gasteiger charge is 2.55. The molecule has 1 unspecified atom stereocenters. The number of likely N-dealkylation sites (tertiary alicyclic amines) is 1. The Morgan fingerprint density at radius 2 is 2.25 bits per heavy atom. The number of benzene rings is 1. The van der Waals surface area contributed by atoms with Gasteiger partial charge in [-0.05, 0) is 62.0 Å². The number of nitrogens with two attached hydrogens (primary N) is 1. The largest absolute Gasteiger partial charge is 0.497 e. The number of hydrogen-bond acceptors (Lipinski definition) is 5. The summed E-state index contributed by atoms with van der Waals surface area (Å²) in [4.78, 5) is 8.66. The van der Waals surface area contributed by atoms with E-state index in [9.17, 15) is 0 Å². The Labute approximate surface area is 146 Å². The summed E-state index contributed by atoms with van der Waals surface area (Å²) >= 11 is 1.69. The van der Waals surface area contributed by atoms with Crippen LogP contribution in [-0.2, 0) is 24.7 Å². The molecule has 0 radical (unpaired) electrons. The lowest BCUT2D eigenvalue weighted by Gasteiger charge is -2.57. The number of rotatable bonds is 1. The quantitative estimate of drug-likeness (QED) is 0.866. The average molecular weight is 341 g/mol. The summed E-state index contributed by atoms with van der Waals surface area (Å²) in [7, 11) is 4.05. The minimum absolute atomic E-state index is 0.201. The number of methoxy groups -OCH3 is 1. The highest BCUT2D eigenvalue weighted by atomic mass is 32.1. The number of thiazole rings is 1. The number of nitrogens with zero attached hydrogens (tertiary/aromatic N) is 2. The summed E-state index contributed by atoms with van der Waals surface area (Å²) in [5, 5.41) is 0.726. The summed E-state index contributed by atoms with van der Waals surface area (Å²) in [6, 6.07) is 7.31. The molecule has 5 rings (SSSR count). The third-order valence-electron chi connectivity index (χ3n) is 6.62. The molecule has 1 saturated heterocycles. The third kappa shape index (κ3) is 1.85. The SMILES string of the molecule is COc1ccc2c(c1)[C@]13CCN(C)C(C2)[C@@H]1Cc1sc(N)nc1C3. The van der Waals surface area contributed by atoms with Crippen LogP contribution in [0, 0.1) is 5.92 Å². The van der Waals surface area contributed by atoms with Crippen molar-refractivity contribution in [3.8, 4) is 5.75 Å². The molecule has 1 aromatic carbocycles. The van der Waals surface area contributed by atoms with Crippen molar-refractivity contribution in [3.63, 3.8) is 0 Å². The molecule has 3 aliphatic rings. The van der Waals surface area contributed by atoms with Crippen LogP contribution >= 0.6 is 11.3 Å². The van der Waals surface area contributed by atoms with E-state index in [1.807, 2.05) is 0 Å². The van der Waals surface area contributed by atoms with Crippen molar-refractivity contribution < 1.29 is 4.74 Å². The molecular formula is C19H23N3OS. The molecular weight excluding hydrogens is 318 g/mol. The third-order valence-corrected chi connectivity index (χ3v) is 7.57. The highest BCUT2D eigenvalue weighted by Crippen LogP contribution is 2.55. The molecule has 2 bridgehead atoms. The molecule has 1 fully saturated rings. The molecule has 5 heteroatoms. The van der Waals surface area contributed by atoms with E-state index in [-0.39, 0.29) is 5.41 Å². The second-order valence-corrected chi connectivity index (χ2v) is 8.71. The fourth-order valence-electron chi connectivity index (χ4n) is 5.43. The van der Waals surface area contributed by atoms with Gasteiger partial charge < -0.3 is 15.4 Å². The summed E-state index contributed by atoms with van der Waals surface area (Å²) < 4.78 is 5.55. The van der Waals surface area contributed by atoms with Crippen molar-refractivity contribution >= 4 is 16.5 Å². The molecule has 2 aromatic rings. The first-order valence-electron chi connectivity index (χ1n) is 8.72. The van der Waals surface area contributed by atoms with Crippen LogP contribution in [0.4, 0.5) is 5.13 Å². The maximum absolute atomic E-state index is 6.03. The van der Waals surface area contributed by atoms with Crippen LogP contribution in [0.2, 0.25) is 0 Å². The normalized spacial score (nSPS) is 31.1. The van der Waals surface area contributed by atoms with Gasteiger partial charge in [-0.15, -0.1) is 11.3 Å². The Kier molecular flexibility index (Phi) is 3.04. The first kappa shape index (κ1) is 14.7. The lowest BCUT2D eigenvalue weighted by molar-refractivity contribution is 0.0243. The molecule has 2 N–H and O–H groups in total. The lowest BCUT2D eigenvalue weighted by Crippen LogP contribution is -2.61. The van der Waals surface area contributed by atoms with Crippen LogP contribution < -0.4 is 10.5 Å². The number of fused-ring (bicyclic) bond motifs is 2. The number of hydrogen-bond donors (Lipinski definition) is 1. The smallest absolute Gasteiger partial charge is 0.180 e. The van der Waals surface area contributed by atoms with Crippen molar-refractivity contribution in [1.82, 2.24) is 9.88 Å². The molecule has 2 aliphatic carbocycles. The summed E-state index contributed by atoms with van der Waals surface area (Å²) in [6.45, 7) is 1.16. The monoisotopic (exact) mass is 341 g/mol. The highest BCUT2D eigenvalue weighted by molar-refractivity contribution is 7.15. The molecule has 24 heavy (non-hydrogen) atoms. The van der Waals surface area contributed by atoms with Gasteiger partial charge in [0.25, 0.3) is 0 Å². The van der Waals surface area contributed by atoms with E-state index in [4.69, 9.17) is 10.5 Å². The second-order valence-electron chi connectivity index (χ2n) is 7.59. The zero-order valence-corrected chi connectivity index (χ0v) is 15.0. The average Bonchev–Trinajstić information content (AvgIpc) is 2.94. The second kappa shape index (κ2) is 4.96. The van der Waals surface area contributed by atoms with Crippen molar-refractivity contribution in [1.29, 1.82) is 0 Å². The Morgan fingerprint density at radius 1 is 1.38 bits per heavy atom. The van der Waals surface area contributed by atoms with Crippen molar-refractivity contribution in [2.75, 3.05) is 26.4 Å². The zero-order valence-electron chi connectivity index (χ0n) is 14.2. The van der Waals surface area contributed by atoms with Crippen molar-refractivity contribution in [2.24, 2.45) is 5.92 Å². The Bertz CT molecular complexity index is 817. The topological polar surface area (TPSA) is 51.4 Å². The minimum atomic E-state index is 0.201. The maximum atomic E-state index is 6.03. The minimum Gasteiger partial charge on any atom is -0.497 e. The first-order valence-corrected chi connectivity index (χ1v) is 9.54. The van der Waals surface area contributed by atoms with Gasteiger partial charge in [-0.25, -0.2) is 4.98 Å². The number of likely N-dealkylation sites (N-methyl/N-ethyl adjacent to an activating group) is 1. The van der Waals surface area contributed by atoms with Crippen LogP contribution in [0.15, 0.2) is 18.2 Å². The Morgan fingerprint density at radius 3 is 3.08 bits per heavy atom. The summed E-state index contributed by atoms with van der Waals surface area (Å²) in [5.74, 6) is 1.63. The van der Waals surface area contributed by atoms with Crippen molar-refractivity contribution in [2.45, 2.75) is 37.1 Å². The van der Waals surface area contributed by atoms with E-state index >= 15 is 0 Å². The molecule has 126 valence electrons. The van der Waals surface area contributed by atoms with Gasteiger partial charge in [-0.1, -0.05) is 6.07 Å². The van der Waals surface area contributed by atoms with Crippen LogP contribution in [0.5, 0.6) is 5.75 Å². The fourth-order valence-corrected chi connectivity index (χ4v) is 6.34. The summed E-state index contributed by atoms with van der Waals surface area (Å²) in [6.07, 6.45) is 4.49. The lowest BCUT2D eigenvalue weighted by atomic mass is 9.53. The van der Waals surface area contributed by atoms with E-state index < -0.39 is 0 Å². The summed E-state index contributed by atoms with van der Waals surface area (Å²) in [5.41, 5.74) is 10.5. The standard InChI is InChI=1S/C19H23N3OS/c1-22-6-5-19-10-15-17(24-18(20)21-15)9-14(19)16(22)7-11-3-4-12(23-2)8-13(11)19/h3-4,8,14,16H,5-7,9-10H2,1-2H3,(H2,20,21)/t14-,16?,19+/m0/s1.